The molecule has 0 amide bonds. The highest BCUT2D eigenvalue weighted by Gasteiger charge is 2.59. The predicted octanol–water partition coefficient (Wildman–Crippen LogP) is 4.48. The Morgan fingerprint density at radius 2 is 1.85 bits per heavy atom. The van der Waals surface area contributed by atoms with E-state index >= 15 is 0 Å². The Kier molecular flexibility index (Phi) is 3.27. The van der Waals surface area contributed by atoms with Gasteiger partial charge in [-0.3, -0.25) is 0 Å². The first kappa shape index (κ1) is 13.5. The van der Waals surface area contributed by atoms with Crippen molar-refractivity contribution in [2.75, 3.05) is 5.88 Å². The molecule has 1 fully saturated rings. The summed E-state index contributed by atoms with van der Waals surface area (Å²) in [6, 6.07) is 11.3. The van der Waals surface area contributed by atoms with Gasteiger partial charge in [-0.05, 0) is 18.6 Å². The molecule has 0 radical (unpaired) electrons. The fourth-order valence-electron chi connectivity index (χ4n) is 2.47. The summed E-state index contributed by atoms with van der Waals surface area (Å²) in [5.74, 6) is -1.11. The molecule has 0 aromatic heterocycles. The van der Waals surface area contributed by atoms with Gasteiger partial charge in [0, 0.05) is 11.6 Å². The molecule has 0 spiro atoms. The van der Waals surface area contributed by atoms with Crippen molar-refractivity contribution in [1.82, 2.24) is 0 Å². The zero-order chi connectivity index (χ0) is 14.3. The Morgan fingerprint density at radius 3 is 2.45 bits per heavy atom. The zero-order valence-electron chi connectivity index (χ0n) is 10.9. The Hall–Kier alpha value is -1.45. The second-order valence-electron chi connectivity index (χ2n) is 5.06. The lowest BCUT2D eigenvalue weighted by molar-refractivity contribution is 0.309. The van der Waals surface area contributed by atoms with Crippen LogP contribution in [0.3, 0.4) is 0 Å². The third-order valence-corrected chi connectivity index (χ3v) is 4.06. The van der Waals surface area contributed by atoms with Crippen molar-refractivity contribution >= 4 is 11.6 Å². The largest absolute Gasteiger partial charge is 0.354 e. The Morgan fingerprint density at radius 1 is 1.15 bits per heavy atom. The maximum Gasteiger partial charge on any atom is 0.141 e. The van der Waals surface area contributed by atoms with Gasteiger partial charge in [-0.1, -0.05) is 35.9 Å². The first-order chi connectivity index (χ1) is 9.56. The summed E-state index contributed by atoms with van der Waals surface area (Å²) in [5, 5.41) is 0. The van der Waals surface area contributed by atoms with E-state index in [0.717, 1.165) is 17.2 Å². The van der Waals surface area contributed by atoms with E-state index in [1.54, 1.807) is 0 Å². The SMILES string of the molecule is Cc1ccc(C2OC2(CCl)c2ccc(F)cc2F)cc1. The first-order valence-corrected chi connectivity index (χ1v) is 6.86. The van der Waals surface area contributed by atoms with Crippen LogP contribution in [0, 0.1) is 18.6 Å². The fourth-order valence-corrected chi connectivity index (χ4v) is 2.81. The molecule has 2 aromatic rings. The number of alkyl halides is 1. The third-order valence-electron chi connectivity index (χ3n) is 3.66. The van der Waals surface area contributed by atoms with E-state index in [9.17, 15) is 8.78 Å². The lowest BCUT2D eigenvalue weighted by atomic mass is 9.92. The van der Waals surface area contributed by atoms with Crippen molar-refractivity contribution in [3.8, 4) is 0 Å². The van der Waals surface area contributed by atoms with Crippen LogP contribution >= 0.6 is 11.6 Å². The number of epoxide rings is 1. The minimum atomic E-state index is -0.894. The summed E-state index contributed by atoms with van der Waals surface area (Å²) in [6.45, 7) is 1.99. The normalized spacial score (nSPS) is 24.7. The molecule has 0 bridgehead atoms. The van der Waals surface area contributed by atoms with E-state index in [2.05, 4.69) is 0 Å². The van der Waals surface area contributed by atoms with E-state index in [1.807, 2.05) is 31.2 Å². The van der Waals surface area contributed by atoms with Crippen LogP contribution in [0.1, 0.15) is 22.8 Å². The van der Waals surface area contributed by atoms with Crippen LogP contribution in [0.25, 0.3) is 0 Å². The quantitative estimate of drug-likeness (QED) is 0.601. The molecule has 104 valence electrons. The molecular formula is C16H13ClF2O. The van der Waals surface area contributed by atoms with Gasteiger partial charge >= 0.3 is 0 Å². The number of hydrogen-bond donors (Lipinski definition) is 0. The number of hydrogen-bond acceptors (Lipinski definition) is 1. The van der Waals surface area contributed by atoms with Gasteiger partial charge in [-0.2, -0.15) is 0 Å². The van der Waals surface area contributed by atoms with E-state index in [0.29, 0.717) is 5.56 Å². The first-order valence-electron chi connectivity index (χ1n) is 6.33. The second-order valence-corrected chi connectivity index (χ2v) is 5.32. The highest BCUT2D eigenvalue weighted by atomic mass is 35.5. The van der Waals surface area contributed by atoms with Crippen molar-refractivity contribution in [2.45, 2.75) is 18.6 Å². The van der Waals surface area contributed by atoms with Crippen LogP contribution in [0.4, 0.5) is 8.78 Å². The molecule has 1 saturated heterocycles. The van der Waals surface area contributed by atoms with Crippen molar-refractivity contribution in [3.63, 3.8) is 0 Å². The second kappa shape index (κ2) is 4.83. The molecule has 0 aliphatic carbocycles. The molecule has 1 nitrogen and oxygen atoms in total. The lowest BCUT2D eigenvalue weighted by Crippen LogP contribution is -2.14. The molecule has 2 aromatic carbocycles. The van der Waals surface area contributed by atoms with Crippen LogP contribution < -0.4 is 0 Å². The summed E-state index contributed by atoms with van der Waals surface area (Å²) in [4.78, 5) is 0. The molecule has 20 heavy (non-hydrogen) atoms. The van der Waals surface area contributed by atoms with Crippen LogP contribution in [0.15, 0.2) is 42.5 Å². The van der Waals surface area contributed by atoms with Gasteiger partial charge in [0.15, 0.2) is 0 Å². The van der Waals surface area contributed by atoms with Crippen molar-refractivity contribution in [1.29, 1.82) is 0 Å². The van der Waals surface area contributed by atoms with Gasteiger partial charge in [0.05, 0.1) is 5.88 Å². The number of benzene rings is 2. The van der Waals surface area contributed by atoms with Gasteiger partial charge in [0.25, 0.3) is 0 Å². The number of aryl methyl sites for hydroxylation is 1. The van der Waals surface area contributed by atoms with E-state index < -0.39 is 17.2 Å². The maximum absolute atomic E-state index is 13.9. The Bertz CT molecular complexity index is 641. The van der Waals surface area contributed by atoms with Gasteiger partial charge in [0.1, 0.15) is 23.3 Å². The Labute approximate surface area is 121 Å². The number of rotatable bonds is 3. The van der Waals surface area contributed by atoms with E-state index in [1.165, 1.54) is 12.1 Å². The van der Waals surface area contributed by atoms with Gasteiger partial charge in [-0.15, -0.1) is 11.6 Å². The summed E-state index contributed by atoms with van der Waals surface area (Å²) < 4.78 is 32.7. The topological polar surface area (TPSA) is 12.5 Å². The summed E-state index contributed by atoms with van der Waals surface area (Å²) in [6.07, 6.45) is -0.291. The molecule has 0 saturated carbocycles. The van der Waals surface area contributed by atoms with Gasteiger partial charge in [0.2, 0.25) is 0 Å². The number of halogens is 3. The predicted molar refractivity (Wildman–Crippen MR) is 73.8 cm³/mol. The lowest BCUT2D eigenvalue weighted by Gasteiger charge is -2.11. The summed E-state index contributed by atoms with van der Waals surface area (Å²) >= 11 is 5.99. The summed E-state index contributed by atoms with van der Waals surface area (Å²) in [5.41, 5.74) is 1.49. The highest BCUT2D eigenvalue weighted by Crippen LogP contribution is 2.58. The van der Waals surface area contributed by atoms with Crippen LogP contribution in [0.5, 0.6) is 0 Å². The molecule has 1 aliphatic heterocycles. The average Bonchev–Trinajstić information content (AvgIpc) is 3.15. The average molecular weight is 295 g/mol. The van der Waals surface area contributed by atoms with Gasteiger partial charge in [-0.25, -0.2) is 8.78 Å². The van der Waals surface area contributed by atoms with E-state index in [4.69, 9.17) is 16.3 Å². The summed E-state index contributed by atoms with van der Waals surface area (Å²) in [7, 11) is 0. The van der Waals surface area contributed by atoms with Gasteiger partial charge < -0.3 is 4.74 Å². The molecule has 3 rings (SSSR count). The van der Waals surface area contributed by atoms with Crippen molar-refractivity contribution < 1.29 is 13.5 Å². The fraction of sp³-hybridized carbons (Fsp3) is 0.250. The number of ether oxygens (including phenoxy) is 1. The third kappa shape index (κ3) is 2.11. The smallest absolute Gasteiger partial charge is 0.141 e. The maximum atomic E-state index is 13.9. The van der Waals surface area contributed by atoms with Crippen LogP contribution in [-0.4, -0.2) is 5.88 Å². The molecule has 4 heteroatoms. The van der Waals surface area contributed by atoms with Crippen LogP contribution in [0.2, 0.25) is 0 Å². The minimum absolute atomic E-state index is 0.119. The standard InChI is InChI=1S/C16H13ClF2O/c1-10-2-4-11(5-3-10)15-16(9-17,20-15)13-7-6-12(18)8-14(13)19/h2-8,15H,9H2,1H3. The molecule has 1 heterocycles. The molecular weight excluding hydrogens is 282 g/mol. The minimum Gasteiger partial charge on any atom is -0.354 e. The Balaban J connectivity index is 1.97. The van der Waals surface area contributed by atoms with Crippen LogP contribution in [-0.2, 0) is 10.3 Å². The van der Waals surface area contributed by atoms with Crippen molar-refractivity contribution in [2.24, 2.45) is 0 Å². The highest BCUT2D eigenvalue weighted by molar-refractivity contribution is 6.18. The molecule has 1 aliphatic rings. The monoisotopic (exact) mass is 294 g/mol. The molecule has 0 N–H and O–H groups in total. The van der Waals surface area contributed by atoms with Crippen molar-refractivity contribution in [3.05, 3.63) is 70.8 Å². The molecule has 2 atom stereocenters. The molecule has 2 unspecified atom stereocenters. The zero-order valence-corrected chi connectivity index (χ0v) is 11.6. The van der Waals surface area contributed by atoms with E-state index in [-0.39, 0.29) is 12.0 Å².